The summed E-state index contributed by atoms with van der Waals surface area (Å²) in [6.07, 6.45) is 2.49. The van der Waals surface area contributed by atoms with Crippen LogP contribution in [0.25, 0.3) is 0 Å². The molecule has 0 aliphatic carbocycles. The van der Waals surface area contributed by atoms with Crippen LogP contribution in [0.4, 0.5) is 0 Å². The van der Waals surface area contributed by atoms with Crippen LogP contribution in [-0.4, -0.2) is 9.97 Å². The van der Waals surface area contributed by atoms with Crippen LogP contribution in [0.1, 0.15) is 22.4 Å². The third-order valence-electron chi connectivity index (χ3n) is 2.23. The van der Waals surface area contributed by atoms with Crippen LogP contribution in [0.15, 0.2) is 24.4 Å². The lowest BCUT2D eigenvalue weighted by Gasteiger charge is -2.09. The largest absolute Gasteiger partial charge is 0.322 e. The van der Waals surface area contributed by atoms with Gasteiger partial charge in [0, 0.05) is 17.5 Å². The molecule has 0 aliphatic rings. The van der Waals surface area contributed by atoms with Crippen LogP contribution in [-0.2, 0) is 6.42 Å². The number of rotatable bonds is 3. The summed E-state index contributed by atoms with van der Waals surface area (Å²) in [6.45, 7) is 1.86. The van der Waals surface area contributed by atoms with Gasteiger partial charge in [-0.05, 0) is 25.1 Å². The summed E-state index contributed by atoms with van der Waals surface area (Å²) in [6, 6.07) is 5.64. The van der Waals surface area contributed by atoms with E-state index in [0.29, 0.717) is 0 Å². The maximum atomic E-state index is 6.08. The number of hydrogen-bond acceptors (Lipinski definition) is 4. The molecule has 0 saturated heterocycles. The monoisotopic (exact) mass is 253 g/mol. The van der Waals surface area contributed by atoms with E-state index in [2.05, 4.69) is 9.97 Å². The highest BCUT2D eigenvalue weighted by molar-refractivity contribution is 7.16. The molecule has 2 aromatic rings. The molecule has 2 N–H and O–H groups in total. The fraction of sp³-hybridized carbons (Fsp3) is 0.273. The number of thiophene rings is 1. The van der Waals surface area contributed by atoms with Crippen LogP contribution in [0.3, 0.4) is 0 Å². The van der Waals surface area contributed by atoms with E-state index in [-0.39, 0.29) is 6.04 Å². The van der Waals surface area contributed by atoms with Crippen molar-refractivity contribution >= 4 is 22.9 Å². The fourth-order valence-electron chi connectivity index (χ4n) is 1.46. The highest BCUT2D eigenvalue weighted by Crippen LogP contribution is 2.24. The topological polar surface area (TPSA) is 51.8 Å². The second-order valence-electron chi connectivity index (χ2n) is 3.55. The van der Waals surface area contributed by atoms with Crippen LogP contribution < -0.4 is 5.73 Å². The molecule has 5 heteroatoms. The predicted molar refractivity (Wildman–Crippen MR) is 66.7 cm³/mol. The Bertz CT molecular complexity index is 484. The minimum atomic E-state index is -0.101. The molecule has 0 radical (unpaired) electrons. The standard InChI is InChI=1S/C11H12ClN3S/c1-7-14-5-4-10(15-7)9(13)6-8-2-3-11(12)16-8/h2-5,9H,6,13H2,1H3. The van der Waals surface area contributed by atoms with Crippen LogP contribution in [0, 0.1) is 6.92 Å². The van der Waals surface area contributed by atoms with Crippen molar-refractivity contribution in [2.24, 2.45) is 5.73 Å². The minimum Gasteiger partial charge on any atom is -0.322 e. The summed E-state index contributed by atoms with van der Waals surface area (Å²) in [4.78, 5) is 9.53. The first-order valence-corrected chi connectivity index (χ1v) is 6.14. The Labute approximate surface area is 103 Å². The SMILES string of the molecule is Cc1nccc(C(N)Cc2ccc(Cl)s2)n1. The first-order valence-electron chi connectivity index (χ1n) is 4.94. The summed E-state index contributed by atoms with van der Waals surface area (Å²) in [7, 11) is 0. The molecular formula is C11H12ClN3S. The molecule has 16 heavy (non-hydrogen) atoms. The van der Waals surface area contributed by atoms with E-state index in [1.54, 1.807) is 17.5 Å². The van der Waals surface area contributed by atoms with Crippen molar-refractivity contribution < 1.29 is 0 Å². The molecule has 0 saturated carbocycles. The quantitative estimate of drug-likeness (QED) is 0.915. The first kappa shape index (κ1) is 11.5. The lowest BCUT2D eigenvalue weighted by molar-refractivity contribution is 0.694. The van der Waals surface area contributed by atoms with Gasteiger partial charge in [-0.25, -0.2) is 9.97 Å². The molecule has 3 nitrogen and oxygen atoms in total. The molecule has 0 bridgehead atoms. The van der Waals surface area contributed by atoms with Gasteiger partial charge >= 0.3 is 0 Å². The number of aryl methyl sites for hydroxylation is 1. The van der Waals surface area contributed by atoms with E-state index >= 15 is 0 Å². The Balaban J connectivity index is 2.11. The van der Waals surface area contributed by atoms with Crippen molar-refractivity contribution in [1.82, 2.24) is 9.97 Å². The molecule has 0 aliphatic heterocycles. The Morgan fingerprint density at radius 2 is 2.25 bits per heavy atom. The second-order valence-corrected chi connectivity index (χ2v) is 5.34. The van der Waals surface area contributed by atoms with E-state index in [1.165, 1.54) is 4.88 Å². The van der Waals surface area contributed by atoms with Crippen molar-refractivity contribution in [3.8, 4) is 0 Å². The van der Waals surface area contributed by atoms with E-state index in [9.17, 15) is 0 Å². The smallest absolute Gasteiger partial charge is 0.125 e. The molecule has 1 atom stereocenters. The molecule has 0 spiro atoms. The van der Waals surface area contributed by atoms with Gasteiger partial charge in [0.05, 0.1) is 16.1 Å². The molecule has 1 unspecified atom stereocenters. The molecule has 0 aromatic carbocycles. The number of hydrogen-bond donors (Lipinski definition) is 1. The lowest BCUT2D eigenvalue weighted by atomic mass is 10.1. The molecule has 84 valence electrons. The van der Waals surface area contributed by atoms with E-state index in [4.69, 9.17) is 17.3 Å². The van der Waals surface area contributed by atoms with Gasteiger partial charge in [0.1, 0.15) is 5.82 Å². The van der Waals surface area contributed by atoms with Crippen molar-refractivity contribution in [1.29, 1.82) is 0 Å². The van der Waals surface area contributed by atoms with E-state index in [1.807, 2.05) is 25.1 Å². The molecule has 2 rings (SSSR count). The average Bonchev–Trinajstić information content (AvgIpc) is 2.64. The van der Waals surface area contributed by atoms with E-state index < -0.39 is 0 Å². The zero-order valence-electron chi connectivity index (χ0n) is 8.85. The summed E-state index contributed by atoms with van der Waals surface area (Å²) in [5.41, 5.74) is 6.95. The van der Waals surface area contributed by atoms with E-state index in [0.717, 1.165) is 22.3 Å². The maximum absolute atomic E-state index is 6.08. The van der Waals surface area contributed by atoms with Gasteiger partial charge in [0.2, 0.25) is 0 Å². The molecule has 2 heterocycles. The van der Waals surface area contributed by atoms with Gasteiger partial charge in [0.15, 0.2) is 0 Å². The summed E-state index contributed by atoms with van der Waals surface area (Å²) < 4.78 is 0.793. The number of nitrogens with zero attached hydrogens (tertiary/aromatic N) is 2. The van der Waals surface area contributed by atoms with Crippen molar-refractivity contribution in [3.05, 3.63) is 45.1 Å². The average molecular weight is 254 g/mol. The third kappa shape index (κ3) is 2.78. The van der Waals surface area contributed by atoms with Crippen molar-refractivity contribution in [2.45, 2.75) is 19.4 Å². The van der Waals surface area contributed by atoms with Gasteiger partial charge in [-0.3, -0.25) is 0 Å². The van der Waals surface area contributed by atoms with Crippen LogP contribution >= 0.6 is 22.9 Å². The van der Waals surface area contributed by atoms with Crippen molar-refractivity contribution in [3.63, 3.8) is 0 Å². The maximum Gasteiger partial charge on any atom is 0.125 e. The van der Waals surface area contributed by atoms with Gasteiger partial charge in [-0.15, -0.1) is 11.3 Å². The number of aromatic nitrogens is 2. The number of halogens is 1. The predicted octanol–water partition coefficient (Wildman–Crippen LogP) is 2.74. The third-order valence-corrected chi connectivity index (χ3v) is 3.48. The summed E-state index contributed by atoms with van der Waals surface area (Å²) in [5, 5.41) is 0. The first-order chi connectivity index (χ1) is 7.65. The number of nitrogens with two attached hydrogens (primary N) is 1. The van der Waals surface area contributed by atoms with Crippen LogP contribution in [0.5, 0.6) is 0 Å². The summed E-state index contributed by atoms with van der Waals surface area (Å²) >= 11 is 7.42. The van der Waals surface area contributed by atoms with Gasteiger partial charge in [-0.2, -0.15) is 0 Å². The van der Waals surface area contributed by atoms with Gasteiger partial charge in [0.25, 0.3) is 0 Å². The molecule has 0 fully saturated rings. The molecular weight excluding hydrogens is 242 g/mol. The molecule has 0 amide bonds. The minimum absolute atomic E-state index is 0.101. The Morgan fingerprint density at radius 1 is 1.44 bits per heavy atom. The van der Waals surface area contributed by atoms with Gasteiger partial charge < -0.3 is 5.73 Å². The Hall–Kier alpha value is -0.970. The van der Waals surface area contributed by atoms with Crippen LogP contribution in [0.2, 0.25) is 4.34 Å². The van der Waals surface area contributed by atoms with Crippen molar-refractivity contribution in [2.75, 3.05) is 0 Å². The molecule has 2 aromatic heterocycles. The Kier molecular flexibility index (Phi) is 3.53. The zero-order valence-corrected chi connectivity index (χ0v) is 10.4. The highest BCUT2D eigenvalue weighted by atomic mass is 35.5. The fourth-order valence-corrected chi connectivity index (χ4v) is 2.61. The van der Waals surface area contributed by atoms with Gasteiger partial charge in [-0.1, -0.05) is 11.6 Å². The second kappa shape index (κ2) is 4.91. The zero-order chi connectivity index (χ0) is 11.5. The summed E-state index contributed by atoms with van der Waals surface area (Å²) in [5.74, 6) is 0.747. The normalized spacial score (nSPS) is 12.7. The highest BCUT2D eigenvalue weighted by Gasteiger charge is 2.10. The lowest BCUT2D eigenvalue weighted by Crippen LogP contribution is -2.15. The Morgan fingerprint density at radius 3 is 2.88 bits per heavy atom.